The van der Waals surface area contributed by atoms with Gasteiger partial charge in [-0.1, -0.05) is 17.7 Å². The zero-order chi connectivity index (χ0) is 16.8. The van der Waals surface area contributed by atoms with Crippen molar-refractivity contribution in [2.45, 2.75) is 24.1 Å². The molecule has 2 bridgehead atoms. The first-order valence-electron chi connectivity index (χ1n) is 7.09. The molecule has 0 aliphatic carbocycles. The number of nitrogens with zero attached hydrogens (tertiary/aromatic N) is 2. The maximum Gasteiger partial charge on any atom is 0.246 e. The van der Waals surface area contributed by atoms with Gasteiger partial charge in [0.05, 0.1) is 24.6 Å². The Morgan fingerprint density at radius 3 is 2.61 bits per heavy atom. The topological polar surface area (TPSA) is 110 Å². The summed E-state index contributed by atoms with van der Waals surface area (Å²) in [6, 6.07) is 5.44. The summed E-state index contributed by atoms with van der Waals surface area (Å²) in [4.78, 5) is 24.8. The molecule has 1 aromatic carbocycles. The highest BCUT2D eigenvalue weighted by Gasteiger charge is 2.52. The van der Waals surface area contributed by atoms with E-state index < -0.39 is 34.1 Å². The van der Waals surface area contributed by atoms with Gasteiger partial charge in [0.2, 0.25) is 21.8 Å². The zero-order valence-electron chi connectivity index (χ0n) is 12.5. The monoisotopic (exact) mass is 339 g/mol. The van der Waals surface area contributed by atoms with Crippen molar-refractivity contribution in [3.8, 4) is 0 Å². The number of sulfonamides is 1. The minimum Gasteiger partial charge on any atom is -0.368 e. The van der Waals surface area contributed by atoms with E-state index >= 15 is 0 Å². The van der Waals surface area contributed by atoms with Crippen molar-refractivity contribution >= 4 is 21.8 Å². The lowest BCUT2D eigenvalue weighted by Crippen LogP contribution is -2.60. The van der Waals surface area contributed by atoms with Crippen LogP contribution in [0, 0.1) is 6.92 Å². The van der Waals surface area contributed by atoms with E-state index in [0.29, 0.717) is 0 Å². The predicted octanol–water partition coefficient (Wildman–Crippen LogP) is -0.962. The van der Waals surface area contributed by atoms with Crippen molar-refractivity contribution in [1.29, 1.82) is 0 Å². The Labute approximate surface area is 133 Å². The summed E-state index contributed by atoms with van der Waals surface area (Å²) in [5, 5.41) is 0. The van der Waals surface area contributed by atoms with Gasteiger partial charge in [-0.2, -0.15) is 4.31 Å². The van der Waals surface area contributed by atoms with Gasteiger partial charge in [-0.25, -0.2) is 8.42 Å². The Hall–Kier alpha value is -1.97. The number of piperazine rings is 1. The molecule has 2 aliphatic heterocycles. The number of primary amides is 1. The number of aryl methyl sites for hydroxylation is 1. The van der Waals surface area contributed by atoms with Gasteiger partial charge in [-0.3, -0.25) is 9.59 Å². The van der Waals surface area contributed by atoms with Crippen molar-refractivity contribution in [2.24, 2.45) is 5.73 Å². The predicted molar refractivity (Wildman–Crippen MR) is 79.5 cm³/mol. The molecule has 0 spiro atoms. The van der Waals surface area contributed by atoms with Crippen LogP contribution in [0.4, 0.5) is 0 Å². The quantitative estimate of drug-likeness (QED) is 0.759. The van der Waals surface area contributed by atoms with Gasteiger partial charge < -0.3 is 15.4 Å². The van der Waals surface area contributed by atoms with Crippen LogP contribution >= 0.6 is 0 Å². The summed E-state index contributed by atoms with van der Waals surface area (Å²) in [6.07, 6.45) is -0.802. The molecule has 2 fully saturated rings. The van der Waals surface area contributed by atoms with E-state index in [-0.39, 0.29) is 24.6 Å². The first-order valence-corrected chi connectivity index (χ1v) is 8.53. The molecular formula is C14H17N3O5S. The van der Waals surface area contributed by atoms with Crippen molar-refractivity contribution in [2.75, 3.05) is 19.7 Å². The molecule has 2 saturated heterocycles. The van der Waals surface area contributed by atoms with Crippen LogP contribution in [0.25, 0.3) is 0 Å². The third kappa shape index (κ3) is 2.71. The van der Waals surface area contributed by atoms with Gasteiger partial charge in [0.1, 0.15) is 12.3 Å². The first kappa shape index (κ1) is 15.9. The molecule has 0 unspecified atom stereocenters. The smallest absolute Gasteiger partial charge is 0.246 e. The third-order valence-electron chi connectivity index (χ3n) is 3.95. The van der Waals surface area contributed by atoms with Crippen LogP contribution in [-0.2, 0) is 24.3 Å². The number of nitrogens with two attached hydrogens (primary N) is 1. The molecule has 23 heavy (non-hydrogen) atoms. The largest absolute Gasteiger partial charge is 0.368 e. The SMILES string of the molecule is Cc1ccc(S(=O)(=O)N2[C@@H]3CN(CC(N)=O)C(=O)[C@@H]2CO3)cc1. The van der Waals surface area contributed by atoms with Crippen LogP contribution in [0.1, 0.15) is 5.56 Å². The van der Waals surface area contributed by atoms with E-state index in [9.17, 15) is 18.0 Å². The molecule has 0 aromatic heterocycles. The number of hydrogen-bond acceptors (Lipinski definition) is 5. The average Bonchev–Trinajstić information content (AvgIpc) is 2.83. The maximum absolute atomic E-state index is 12.8. The lowest BCUT2D eigenvalue weighted by Gasteiger charge is -2.37. The lowest BCUT2D eigenvalue weighted by atomic mass is 10.2. The molecule has 2 amide bonds. The van der Waals surface area contributed by atoms with Gasteiger partial charge >= 0.3 is 0 Å². The van der Waals surface area contributed by atoms with Crippen LogP contribution in [0.3, 0.4) is 0 Å². The van der Waals surface area contributed by atoms with Gasteiger partial charge in [0, 0.05) is 0 Å². The number of carbonyl (C=O) groups excluding carboxylic acids is 2. The molecule has 0 saturated carbocycles. The zero-order valence-corrected chi connectivity index (χ0v) is 13.3. The summed E-state index contributed by atoms with van der Waals surface area (Å²) in [5.41, 5.74) is 6.05. The summed E-state index contributed by atoms with van der Waals surface area (Å²) in [5.74, 6) is -1.11. The van der Waals surface area contributed by atoms with Gasteiger partial charge in [-0.15, -0.1) is 0 Å². The number of rotatable bonds is 4. The molecule has 3 rings (SSSR count). The van der Waals surface area contributed by atoms with E-state index in [1.54, 1.807) is 12.1 Å². The number of hydrogen-bond donors (Lipinski definition) is 1. The minimum absolute atomic E-state index is 0.0106. The van der Waals surface area contributed by atoms with Crippen molar-refractivity contribution in [3.63, 3.8) is 0 Å². The molecule has 124 valence electrons. The molecular weight excluding hydrogens is 322 g/mol. The fourth-order valence-corrected chi connectivity index (χ4v) is 4.48. The summed E-state index contributed by atoms with van der Waals surface area (Å²) in [6.45, 7) is 1.58. The molecule has 0 radical (unpaired) electrons. The van der Waals surface area contributed by atoms with Crippen LogP contribution in [0.15, 0.2) is 29.2 Å². The first-order chi connectivity index (χ1) is 10.8. The van der Waals surface area contributed by atoms with E-state index in [1.165, 1.54) is 17.0 Å². The highest BCUT2D eigenvalue weighted by Crippen LogP contribution is 2.31. The van der Waals surface area contributed by atoms with Gasteiger partial charge in [0.25, 0.3) is 0 Å². The van der Waals surface area contributed by atoms with Crippen LogP contribution in [0.2, 0.25) is 0 Å². The highest BCUT2D eigenvalue weighted by molar-refractivity contribution is 7.89. The highest BCUT2D eigenvalue weighted by atomic mass is 32.2. The summed E-state index contributed by atoms with van der Waals surface area (Å²) < 4.78 is 32.2. The van der Waals surface area contributed by atoms with Crippen molar-refractivity contribution in [3.05, 3.63) is 29.8 Å². The number of fused-ring (bicyclic) bond motifs is 2. The molecule has 2 atom stereocenters. The maximum atomic E-state index is 12.8. The molecule has 8 nitrogen and oxygen atoms in total. The van der Waals surface area contributed by atoms with Gasteiger partial charge in [0.15, 0.2) is 0 Å². The van der Waals surface area contributed by atoms with Gasteiger partial charge in [-0.05, 0) is 19.1 Å². The Kier molecular flexibility index (Phi) is 3.86. The Bertz CT molecular complexity index is 746. The third-order valence-corrected chi connectivity index (χ3v) is 5.87. The molecule has 2 aliphatic rings. The van der Waals surface area contributed by atoms with Crippen molar-refractivity contribution < 1.29 is 22.7 Å². The summed E-state index contributed by atoms with van der Waals surface area (Å²) >= 11 is 0. The van der Waals surface area contributed by atoms with E-state index in [0.717, 1.165) is 9.87 Å². The second-order valence-corrected chi connectivity index (χ2v) is 7.48. The average molecular weight is 339 g/mol. The molecule has 9 heteroatoms. The Morgan fingerprint density at radius 1 is 1.35 bits per heavy atom. The van der Waals surface area contributed by atoms with Crippen LogP contribution in [-0.4, -0.2) is 61.4 Å². The van der Waals surface area contributed by atoms with Crippen molar-refractivity contribution in [1.82, 2.24) is 9.21 Å². The molecule has 2 N–H and O–H groups in total. The molecule has 2 heterocycles. The Morgan fingerprint density at radius 2 is 2.00 bits per heavy atom. The second-order valence-electron chi connectivity index (χ2n) is 5.64. The fraction of sp³-hybridized carbons (Fsp3) is 0.429. The van der Waals surface area contributed by atoms with E-state index in [2.05, 4.69) is 0 Å². The number of amides is 2. The fourth-order valence-electron chi connectivity index (χ4n) is 2.84. The van der Waals surface area contributed by atoms with E-state index in [4.69, 9.17) is 10.5 Å². The van der Waals surface area contributed by atoms with Crippen LogP contribution < -0.4 is 5.73 Å². The Balaban J connectivity index is 1.91. The standard InChI is InChI=1S/C14H17N3O5S/c1-9-2-4-10(5-3-9)23(20,21)17-11-8-22-13(17)7-16(14(11)19)6-12(15)18/h2-5,11,13H,6-8H2,1H3,(H2,15,18)/t11-,13-/m0/s1. The summed E-state index contributed by atoms with van der Waals surface area (Å²) in [7, 11) is -3.85. The number of ether oxygens (including phenoxy) is 1. The van der Waals surface area contributed by atoms with E-state index in [1.807, 2.05) is 6.92 Å². The molecule has 1 aromatic rings. The van der Waals surface area contributed by atoms with Crippen LogP contribution in [0.5, 0.6) is 0 Å². The second kappa shape index (κ2) is 5.59. The minimum atomic E-state index is -3.85. The normalized spacial score (nSPS) is 24.9. The number of benzene rings is 1. The number of carbonyl (C=O) groups is 2. The lowest BCUT2D eigenvalue weighted by molar-refractivity contribution is -0.142.